The van der Waals surface area contributed by atoms with Crippen molar-refractivity contribution in [2.24, 2.45) is 7.05 Å². The van der Waals surface area contributed by atoms with Crippen molar-refractivity contribution in [3.8, 4) is 5.75 Å². The molecular weight excluding hydrogens is 352 g/mol. The Morgan fingerprint density at radius 1 is 1.18 bits per heavy atom. The van der Waals surface area contributed by atoms with Crippen LogP contribution in [0, 0.1) is 6.92 Å². The first-order valence-electron chi connectivity index (χ1n) is 9.07. The Hall–Kier alpha value is -3.54. The van der Waals surface area contributed by atoms with Crippen molar-refractivity contribution < 1.29 is 9.53 Å². The predicted molar refractivity (Wildman–Crippen MR) is 110 cm³/mol. The number of anilines is 1. The van der Waals surface area contributed by atoms with Gasteiger partial charge in [-0.25, -0.2) is 0 Å². The largest absolute Gasteiger partial charge is 0.496 e. The van der Waals surface area contributed by atoms with Crippen molar-refractivity contribution in [3.05, 3.63) is 77.7 Å². The topological polar surface area (TPSA) is 61.1 Å². The summed E-state index contributed by atoms with van der Waals surface area (Å²) < 4.78 is 9.36. The number of rotatable bonds is 5. The number of amides is 1. The van der Waals surface area contributed by atoms with Crippen LogP contribution >= 0.6 is 0 Å². The normalized spacial score (nSPS) is 11.0. The van der Waals surface area contributed by atoms with Crippen molar-refractivity contribution >= 4 is 22.5 Å². The number of benzene rings is 2. The maximum absolute atomic E-state index is 12.8. The second-order valence-corrected chi connectivity index (χ2v) is 6.80. The molecule has 2 aromatic carbocycles. The molecule has 0 fully saturated rings. The van der Waals surface area contributed by atoms with Crippen molar-refractivity contribution in [2.75, 3.05) is 12.4 Å². The molecule has 1 N–H and O–H groups in total. The van der Waals surface area contributed by atoms with Gasteiger partial charge in [0.15, 0.2) is 0 Å². The van der Waals surface area contributed by atoms with Crippen LogP contribution in [0.15, 0.2) is 60.9 Å². The number of ether oxygens (including phenoxy) is 1. The quantitative estimate of drug-likeness (QED) is 0.574. The molecule has 4 rings (SSSR count). The van der Waals surface area contributed by atoms with Crippen LogP contribution in [-0.4, -0.2) is 27.4 Å². The van der Waals surface area contributed by atoms with Gasteiger partial charge >= 0.3 is 0 Å². The lowest BCUT2D eigenvalue weighted by Gasteiger charge is -2.12. The Morgan fingerprint density at radius 3 is 2.79 bits per heavy atom. The van der Waals surface area contributed by atoms with E-state index in [0.717, 1.165) is 27.9 Å². The minimum atomic E-state index is -0.156. The maximum Gasteiger partial charge on any atom is 0.255 e. The molecule has 0 aliphatic carbocycles. The van der Waals surface area contributed by atoms with E-state index in [2.05, 4.69) is 28.0 Å². The smallest absolute Gasteiger partial charge is 0.255 e. The first-order chi connectivity index (χ1) is 13.5. The Labute approximate surface area is 163 Å². The number of carbonyl (C=O) groups excluding carboxylic acids is 1. The summed E-state index contributed by atoms with van der Waals surface area (Å²) in [7, 11) is 3.66. The first-order valence-corrected chi connectivity index (χ1v) is 9.07. The molecule has 0 saturated carbocycles. The number of nitrogens with zero attached hydrogens (tertiary/aromatic N) is 3. The monoisotopic (exact) mass is 374 g/mol. The van der Waals surface area contributed by atoms with Gasteiger partial charge < -0.3 is 14.6 Å². The van der Waals surface area contributed by atoms with E-state index >= 15 is 0 Å². The summed E-state index contributed by atoms with van der Waals surface area (Å²) in [5.74, 6) is 0.574. The summed E-state index contributed by atoms with van der Waals surface area (Å²) >= 11 is 0. The second-order valence-electron chi connectivity index (χ2n) is 6.80. The molecule has 0 bridgehead atoms. The molecule has 0 saturated heterocycles. The lowest BCUT2D eigenvalue weighted by atomic mass is 10.1. The third kappa shape index (κ3) is 3.36. The second kappa shape index (κ2) is 7.23. The fourth-order valence-electron chi connectivity index (χ4n) is 3.38. The van der Waals surface area contributed by atoms with Crippen LogP contribution in [0.1, 0.15) is 21.6 Å². The average molecular weight is 374 g/mol. The van der Waals surface area contributed by atoms with Gasteiger partial charge in [-0.05, 0) is 55.5 Å². The number of methoxy groups -OCH3 is 1. The van der Waals surface area contributed by atoms with E-state index in [4.69, 9.17) is 4.74 Å². The number of aryl methyl sites for hydroxylation is 2. The van der Waals surface area contributed by atoms with Gasteiger partial charge in [0.25, 0.3) is 5.91 Å². The van der Waals surface area contributed by atoms with Gasteiger partial charge in [-0.15, -0.1) is 0 Å². The molecule has 2 heterocycles. The van der Waals surface area contributed by atoms with Crippen LogP contribution in [0.3, 0.4) is 0 Å². The van der Waals surface area contributed by atoms with Gasteiger partial charge in [-0.1, -0.05) is 0 Å². The predicted octanol–water partition coefficient (Wildman–Crippen LogP) is 3.99. The van der Waals surface area contributed by atoms with E-state index in [-0.39, 0.29) is 5.91 Å². The molecule has 0 unspecified atom stereocenters. The Morgan fingerprint density at radius 2 is 2.04 bits per heavy atom. The number of carbonyl (C=O) groups is 1. The van der Waals surface area contributed by atoms with Gasteiger partial charge in [-0.3, -0.25) is 9.48 Å². The molecule has 2 aromatic heterocycles. The molecule has 4 aromatic rings. The summed E-state index contributed by atoms with van der Waals surface area (Å²) in [6.07, 6.45) is 3.60. The van der Waals surface area contributed by atoms with Crippen LogP contribution < -0.4 is 10.1 Å². The fourth-order valence-corrected chi connectivity index (χ4v) is 3.38. The lowest BCUT2D eigenvalue weighted by Crippen LogP contribution is -2.13. The van der Waals surface area contributed by atoms with Crippen LogP contribution in [0.2, 0.25) is 0 Å². The highest BCUT2D eigenvalue weighted by Gasteiger charge is 2.12. The zero-order valence-corrected chi connectivity index (χ0v) is 16.1. The van der Waals surface area contributed by atoms with E-state index in [1.165, 1.54) is 5.69 Å². The molecular formula is C22H22N4O2. The van der Waals surface area contributed by atoms with Gasteiger partial charge in [0, 0.05) is 52.9 Å². The number of hydrogen-bond acceptors (Lipinski definition) is 3. The number of nitrogens with one attached hydrogen (secondary N) is 1. The third-order valence-corrected chi connectivity index (χ3v) is 4.97. The van der Waals surface area contributed by atoms with Crippen LogP contribution in [0.4, 0.5) is 5.69 Å². The molecule has 6 nitrogen and oxygen atoms in total. The summed E-state index contributed by atoms with van der Waals surface area (Å²) in [6, 6.07) is 15.4. The van der Waals surface area contributed by atoms with Gasteiger partial charge in [0.1, 0.15) is 5.75 Å². The van der Waals surface area contributed by atoms with E-state index in [9.17, 15) is 4.79 Å². The summed E-state index contributed by atoms with van der Waals surface area (Å²) in [5.41, 5.74) is 4.56. The minimum absolute atomic E-state index is 0.156. The van der Waals surface area contributed by atoms with E-state index < -0.39 is 0 Å². The zero-order chi connectivity index (χ0) is 19.7. The standard InChI is InChI=1S/C22H22N4O2/c1-15-11-17-13-19(6-7-20(17)25(15)2)24-22(27)16-5-8-21(28-3)18(12-16)14-26-10-4-9-23-26/h4-13H,14H2,1-3H3,(H,24,27). The lowest BCUT2D eigenvalue weighted by molar-refractivity contribution is 0.102. The van der Waals surface area contributed by atoms with E-state index in [1.54, 1.807) is 24.1 Å². The highest BCUT2D eigenvalue weighted by Crippen LogP contribution is 2.24. The van der Waals surface area contributed by atoms with Crippen molar-refractivity contribution in [1.29, 1.82) is 0 Å². The first kappa shape index (κ1) is 17.9. The summed E-state index contributed by atoms with van der Waals surface area (Å²) in [6.45, 7) is 2.60. The van der Waals surface area contributed by atoms with Crippen molar-refractivity contribution in [2.45, 2.75) is 13.5 Å². The zero-order valence-electron chi connectivity index (χ0n) is 16.1. The Bertz CT molecular complexity index is 1140. The fraction of sp³-hybridized carbons (Fsp3) is 0.182. The highest BCUT2D eigenvalue weighted by atomic mass is 16.5. The number of hydrogen-bond donors (Lipinski definition) is 1. The molecule has 0 aliphatic rings. The van der Waals surface area contributed by atoms with Gasteiger partial charge in [0.05, 0.1) is 13.7 Å². The number of aromatic nitrogens is 3. The van der Waals surface area contributed by atoms with Crippen LogP contribution in [-0.2, 0) is 13.6 Å². The average Bonchev–Trinajstić information content (AvgIpc) is 3.30. The Balaban J connectivity index is 1.59. The number of fused-ring (bicyclic) bond motifs is 1. The van der Waals surface area contributed by atoms with E-state index in [0.29, 0.717) is 12.1 Å². The van der Waals surface area contributed by atoms with E-state index in [1.807, 2.05) is 49.6 Å². The molecule has 0 atom stereocenters. The maximum atomic E-state index is 12.8. The van der Waals surface area contributed by atoms with Crippen molar-refractivity contribution in [3.63, 3.8) is 0 Å². The van der Waals surface area contributed by atoms with Gasteiger partial charge in [0.2, 0.25) is 0 Å². The van der Waals surface area contributed by atoms with Crippen LogP contribution in [0.5, 0.6) is 5.75 Å². The molecule has 0 radical (unpaired) electrons. The molecule has 0 spiro atoms. The third-order valence-electron chi connectivity index (χ3n) is 4.97. The minimum Gasteiger partial charge on any atom is -0.496 e. The summed E-state index contributed by atoms with van der Waals surface area (Å²) in [5, 5.41) is 8.32. The van der Waals surface area contributed by atoms with Crippen LogP contribution in [0.25, 0.3) is 10.9 Å². The summed E-state index contributed by atoms with van der Waals surface area (Å²) in [4.78, 5) is 12.8. The highest BCUT2D eigenvalue weighted by molar-refractivity contribution is 6.05. The molecule has 28 heavy (non-hydrogen) atoms. The molecule has 0 aliphatic heterocycles. The van der Waals surface area contributed by atoms with Gasteiger partial charge in [-0.2, -0.15) is 5.10 Å². The van der Waals surface area contributed by atoms with Crippen molar-refractivity contribution in [1.82, 2.24) is 14.3 Å². The molecule has 142 valence electrons. The molecule has 1 amide bonds. The molecule has 6 heteroatoms. The SMILES string of the molecule is COc1ccc(C(=O)Nc2ccc3c(c2)cc(C)n3C)cc1Cn1cccn1. The Kier molecular flexibility index (Phi) is 4.61.